The van der Waals surface area contributed by atoms with Crippen molar-refractivity contribution in [3.05, 3.63) is 18.1 Å². The Hall–Kier alpha value is -1.73. The van der Waals surface area contributed by atoms with E-state index < -0.39 is 5.97 Å². The molecule has 7 nitrogen and oxygen atoms in total. The van der Waals surface area contributed by atoms with Gasteiger partial charge in [0.15, 0.2) is 5.69 Å². The lowest BCUT2D eigenvalue weighted by atomic mass is 10.4. The molecule has 0 bridgehead atoms. The van der Waals surface area contributed by atoms with Crippen molar-refractivity contribution in [1.82, 2.24) is 9.97 Å². The molecule has 0 fully saturated rings. The maximum atomic E-state index is 11.2. The Balaban J connectivity index is 2.24. The van der Waals surface area contributed by atoms with Crippen LogP contribution in [0.4, 0.5) is 0 Å². The summed E-state index contributed by atoms with van der Waals surface area (Å²) in [5.41, 5.74) is 0.122. The molecule has 1 rings (SSSR count). The highest BCUT2D eigenvalue weighted by molar-refractivity contribution is 5.86. The summed E-state index contributed by atoms with van der Waals surface area (Å²) >= 11 is 0. The third-order valence-corrected chi connectivity index (χ3v) is 2.12. The quantitative estimate of drug-likeness (QED) is 0.482. The third kappa shape index (κ3) is 6.12. The van der Waals surface area contributed by atoms with Crippen molar-refractivity contribution < 1.29 is 23.7 Å². The molecule has 0 aliphatic carbocycles. The molecule has 0 N–H and O–H groups in total. The van der Waals surface area contributed by atoms with Gasteiger partial charge in [0, 0.05) is 20.1 Å². The normalized spacial score (nSPS) is 10.2. The fourth-order valence-corrected chi connectivity index (χ4v) is 1.20. The molecule has 0 aliphatic heterocycles. The van der Waals surface area contributed by atoms with Crippen molar-refractivity contribution in [2.45, 2.75) is 6.42 Å². The molecule has 0 saturated carbocycles. The Morgan fingerprint density at radius 1 is 1.16 bits per heavy atom. The van der Waals surface area contributed by atoms with Gasteiger partial charge in [-0.3, -0.25) is 4.98 Å². The topological polar surface area (TPSA) is 79.8 Å². The number of aromatic nitrogens is 2. The second kappa shape index (κ2) is 9.23. The zero-order chi connectivity index (χ0) is 13.9. The molecule has 1 aromatic heterocycles. The van der Waals surface area contributed by atoms with E-state index >= 15 is 0 Å². The van der Waals surface area contributed by atoms with E-state index in [-0.39, 0.29) is 5.69 Å². The molecule has 0 amide bonds. The zero-order valence-electron chi connectivity index (χ0n) is 11.1. The highest BCUT2D eigenvalue weighted by Crippen LogP contribution is 2.06. The lowest BCUT2D eigenvalue weighted by Crippen LogP contribution is -2.09. The summed E-state index contributed by atoms with van der Waals surface area (Å²) in [6, 6.07) is 0. The summed E-state index contributed by atoms with van der Waals surface area (Å²) in [6.45, 7) is 2.15. The molecule has 0 spiro atoms. The molecule has 0 saturated heterocycles. The van der Waals surface area contributed by atoms with E-state index in [1.807, 2.05) is 0 Å². The van der Waals surface area contributed by atoms with Crippen LogP contribution in [0.1, 0.15) is 16.9 Å². The first-order valence-electron chi connectivity index (χ1n) is 5.87. The Labute approximate surface area is 111 Å². The van der Waals surface area contributed by atoms with Gasteiger partial charge in [0.1, 0.15) is 0 Å². The summed E-state index contributed by atoms with van der Waals surface area (Å²) in [5.74, 6) is -0.249. The summed E-state index contributed by atoms with van der Waals surface area (Å²) in [7, 11) is 2.91. The number of hydrogen-bond acceptors (Lipinski definition) is 7. The van der Waals surface area contributed by atoms with Crippen molar-refractivity contribution in [1.29, 1.82) is 0 Å². The predicted molar refractivity (Wildman–Crippen MR) is 66.2 cm³/mol. The molecule has 1 aromatic rings. The maximum absolute atomic E-state index is 11.2. The van der Waals surface area contributed by atoms with Gasteiger partial charge in [-0.15, -0.1) is 0 Å². The van der Waals surface area contributed by atoms with E-state index in [4.69, 9.17) is 14.2 Å². The lowest BCUT2D eigenvalue weighted by molar-refractivity contribution is 0.0589. The zero-order valence-corrected chi connectivity index (χ0v) is 11.1. The number of carbonyl (C=O) groups is 1. The largest absolute Gasteiger partial charge is 0.476 e. The minimum Gasteiger partial charge on any atom is -0.476 e. The molecule has 106 valence electrons. The van der Waals surface area contributed by atoms with Gasteiger partial charge in [0.05, 0.1) is 39.3 Å². The smallest absolute Gasteiger partial charge is 0.358 e. The molecule has 0 radical (unpaired) electrons. The van der Waals surface area contributed by atoms with Crippen LogP contribution in [0.25, 0.3) is 0 Å². The SMILES string of the molecule is COCCOCCCOc1cncc(C(=O)OC)n1. The number of nitrogens with zero attached hydrogens (tertiary/aromatic N) is 2. The van der Waals surface area contributed by atoms with Crippen molar-refractivity contribution in [2.24, 2.45) is 0 Å². The average molecular weight is 270 g/mol. The van der Waals surface area contributed by atoms with E-state index in [0.29, 0.717) is 38.7 Å². The third-order valence-electron chi connectivity index (χ3n) is 2.12. The summed E-state index contributed by atoms with van der Waals surface area (Å²) in [5, 5.41) is 0. The van der Waals surface area contributed by atoms with Crippen LogP contribution in [0.5, 0.6) is 5.88 Å². The maximum Gasteiger partial charge on any atom is 0.358 e. The molecular weight excluding hydrogens is 252 g/mol. The number of rotatable bonds is 9. The first-order valence-corrected chi connectivity index (χ1v) is 5.87. The standard InChI is InChI=1S/C12H18N2O5/c1-16-6-7-18-4-3-5-19-11-9-13-8-10(14-11)12(15)17-2/h8-9H,3-7H2,1-2H3. The van der Waals surface area contributed by atoms with Crippen molar-refractivity contribution in [3.8, 4) is 5.88 Å². The van der Waals surface area contributed by atoms with E-state index in [1.54, 1.807) is 7.11 Å². The fourth-order valence-electron chi connectivity index (χ4n) is 1.20. The first-order chi connectivity index (χ1) is 9.27. The van der Waals surface area contributed by atoms with Crippen molar-refractivity contribution >= 4 is 5.97 Å². The molecule has 19 heavy (non-hydrogen) atoms. The predicted octanol–water partition coefficient (Wildman–Crippen LogP) is 0.695. The van der Waals surface area contributed by atoms with Gasteiger partial charge < -0.3 is 18.9 Å². The van der Waals surface area contributed by atoms with Crippen LogP contribution in [0, 0.1) is 0 Å². The molecule has 0 atom stereocenters. The van der Waals surface area contributed by atoms with Crippen LogP contribution in [0.3, 0.4) is 0 Å². The molecular formula is C12H18N2O5. The average Bonchev–Trinajstić information content (AvgIpc) is 2.46. The molecule has 1 heterocycles. The van der Waals surface area contributed by atoms with Crippen LogP contribution in [-0.2, 0) is 14.2 Å². The van der Waals surface area contributed by atoms with Gasteiger partial charge in [-0.25, -0.2) is 9.78 Å². The lowest BCUT2D eigenvalue weighted by Gasteiger charge is -2.06. The van der Waals surface area contributed by atoms with Gasteiger partial charge in [-0.05, 0) is 0 Å². The molecule has 0 aromatic carbocycles. The van der Waals surface area contributed by atoms with Crippen molar-refractivity contribution in [2.75, 3.05) is 40.6 Å². The van der Waals surface area contributed by atoms with E-state index in [9.17, 15) is 4.79 Å². The minimum atomic E-state index is -0.541. The Bertz CT molecular complexity index is 386. The Morgan fingerprint density at radius 3 is 2.74 bits per heavy atom. The first kappa shape index (κ1) is 15.3. The van der Waals surface area contributed by atoms with Gasteiger partial charge in [-0.1, -0.05) is 0 Å². The van der Waals surface area contributed by atoms with Crippen molar-refractivity contribution in [3.63, 3.8) is 0 Å². The van der Waals surface area contributed by atoms with E-state index in [0.717, 1.165) is 0 Å². The van der Waals surface area contributed by atoms with Gasteiger partial charge in [0.2, 0.25) is 5.88 Å². The van der Waals surface area contributed by atoms with Crippen LogP contribution in [0.15, 0.2) is 12.4 Å². The van der Waals surface area contributed by atoms with Crippen LogP contribution >= 0.6 is 0 Å². The monoisotopic (exact) mass is 270 g/mol. The second-order valence-electron chi connectivity index (χ2n) is 3.54. The van der Waals surface area contributed by atoms with Crippen LogP contribution in [-0.4, -0.2) is 56.6 Å². The van der Waals surface area contributed by atoms with Gasteiger partial charge >= 0.3 is 5.97 Å². The molecule has 7 heteroatoms. The number of ether oxygens (including phenoxy) is 4. The van der Waals surface area contributed by atoms with E-state index in [1.165, 1.54) is 19.5 Å². The second-order valence-corrected chi connectivity index (χ2v) is 3.54. The summed E-state index contributed by atoms with van der Waals surface area (Å²) < 4.78 is 20.0. The van der Waals surface area contributed by atoms with Gasteiger partial charge in [-0.2, -0.15) is 0 Å². The minimum absolute atomic E-state index is 0.122. The molecule has 0 aliphatic rings. The van der Waals surface area contributed by atoms with Crippen LogP contribution in [0.2, 0.25) is 0 Å². The number of hydrogen-bond donors (Lipinski definition) is 0. The fraction of sp³-hybridized carbons (Fsp3) is 0.583. The Kier molecular flexibility index (Phi) is 7.45. The van der Waals surface area contributed by atoms with E-state index in [2.05, 4.69) is 14.7 Å². The summed E-state index contributed by atoms with van der Waals surface area (Å²) in [4.78, 5) is 19.1. The number of methoxy groups -OCH3 is 2. The highest BCUT2D eigenvalue weighted by atomic mass is 16.5. The summed E-state index contributed by atoms with van der Waals surface area (Å²) in [6.07, 6.45) is 3.48. The number of esters is 1. The number of carbonyl (C=O) groups excluding carboxylic acids is 1. The Morgan fingerprint density at radius 2 is 2.00 bits per heavy atom. The van der Waals surface area contributed by atoms with Gasteiger partial charge in [0.25, 0.3) is 0 Å². The molecule has 0 unspecified atom stereocenters. The van der Waals surface area contributed by atoms with Crippen LogP contribution < -0.4 is 4.74 Å². The highest BCUT2D eigenvalue weighted by Gasteiger charge is 2.08.